The third-order valence-corrected chi connectivity index (χ3v) is 4.60. The predicted molar refractivity (Wildman–Crippen MR) is 108 cm³/mol. The molecule has 0 bridgehead atoms. The van der Waals surface area contributed by atoms with Crippen molar-refractivity contribution in [1.82, 2.24) is 4.98 Å². The van der Waals surface area contributed by atoms with Gasteiger partial charge in [-0.1, -0.05) is 12.1 Å². The number of benzene rings is 2. The van der Waals surface area contributed by atoms with Crippen LogP contribution < -0.4 is 15.2 Å². The minimum Gasteiger partial charge on any atom is -0.490 e. The summed E-state index contributed by atoms with van der Waals surface area (Å²) < 4.78 is 25.8. The van der Waals surface area contributed by atoms with Crippen LogP contribution in [0.5, 0.6) is 11.5 Å². The maximum absolute atomic E-state index is 14.4. The van der Waals surface area contributed by atoms with Crippen molar-refractivity contribution in [2.75, 3.05) is 19.8 Å². The maximum Gasteiger partial charge on any atom is 0.161 e. The summed E-state index contributed by atoms with van der Waals surface area (Å²) in [5, 5.41) is 0.925. The van der Waals surface area contributed by atoms with Crippen molar-refractivity contribution in [2.24, 2.45) is 5.73 Å². The number of aromatic amines is 1. The first-order valence-electron chi connectivity index (χ1n) is 9.58. The van der Waals surface area contributed by atoms with Crippen molar-refractivity contribution in [3.63, 3.8) is 0 Å². The molecule has 3 rings (SSSR count). The van der Waals surface area contributed by atoms with Crippen LogP contribution in [0.4, 0.5) is 4.39 Å². The average Bonchev–Trinajstić information content (AvgIpc) is 3.04. The second kappa shape index (κ2) is 8.91. The number of rotatable bonds is 9. The molecule has 5 heteroatoms. The van der Waals surface area contributed by atoms with Crippen LogP contribution in [0.3, 0.4) is 0 Å². The van der Waals surface area contributed by atoms with E-state index < -0.39 is 0 Å². The van der Waals surface area contributed by atoms with Crippen molar-refractivity contribution in [1.29, 1.82) is 0 Å². The minimum atomic E-state index is -0.241. The number of aryl methyl sites for hydroxylation is 1. The lowest BCUT2D eigenvalue weighted by Crippen LogP contribution is -2.00. The Morgan fingerprint density at radius 2 is 1.78 bits per heavy atom. The molecular weight excluding hydrogens is 343 g/mol. The lowest BCUT2D eigenvalue weighted by Gasteiger charge is -2.13. The number of unbranched alkanes of at least 4 members (excludes halogenated alkanes) is 1. The number of hydrogen-bond acceptors (Lipinski definition) is 3. The molecule has 0 aliphatic heterocycles. The summed E-state index contributed by atoms with van der Waals surface area (Å²) in [5.41, 5.74) is 9.20. The van der Waals surface area contributed by atoms with Gasteiger partial charge in [-0.25, -0.2) is 4.39 Å². The van der Waals surface area contributed by atoms with E-state index in [1.165, 1.54) is 6.07 Å². The van der Waals surface area contributed by atoms with Gasteiger partial charge in [-0.05, 0) is 69.5 Å². The van der Waals surface area contributed by atoms with Crippen LogP contribution in [-0.2, 0) is 6.42 Å². The van der Waals surface area contributed by atoms with Gasteiger partial charge in [-0.2, -0.15) is 0 Å². The number of aromatic nitrogens is 1. The number of nitrogens with one attached hydrogen (secondary N) is 1. The Hall–Kier alpha value is -2.53. The van der Waals surface area contributed by atoms with E-state index in [1.54, 1.807) is 6.07 Å². The fraction of sp³-hybridized carbons (Fsp3) is 0.364. The SMILES string of the molecule is CCOc1ccc(-c2[nH]c3c(F)cccc3c2CCCCN)cc1OCC. The molecule has 0 aliphatic rings. The molecule has 1 heterocycles. The molecule has 2 aromatic carbocycles. The Balaban J connectivity index is 2.10. The predicted octanol–water partition coefficient (Wildman–Crippen LogP) is 5.05. The third kappa shape index (κ3) is 4.08. The van der Waals surface area contributed by atoms with Gasteiger partial charge in [0.1, 0.15) is 5.82 Å². The van der Waals surface area contributed by atoms with Gasteiger partial charge in [0.05, 0.1) is 18.7 Å². The molecule has 0 saturated heterocycles. The quantitative estimate of drug-likeness (QED) is 0.518. The summed E-state index contributed by atoms with van der Waals surface area (Å²) in [6.07, 6.45) is 2.74. The van der Waals surface area contributed by atoms with Gasteiger partial charge in [0, 0.05) is 16.6 Å². The zero-order valence-electron chi connectivity index (χ0n) is 16.0. The van der Waals surface area contributed by atoms with Crippen molar-refractivity contribution < 1.29 is 13.9 Å². The minimum absolute atomic E-state index is 0.241. The number of nitrogens with two attached hydrogens (primary N) is 1. The molecule has 0 fully saturated rings. The highest BCUT2D eigenvalue weighted by molar-refractivity contribution is 5.91. The normalized spacial score (nSPS) is 11.1. The average molecular weight is 370 g/mol. The first-order chi connectivity index (χ1) is 13.2. The Bertz CT molecular complexity index is 905. The first-order valence-corrected chi connectivity index (χ1v) is 9.58. The number of hydrogen-bond donors (Lipinski definition) is 2. The highest BCUT2D eigenvalue weighted by Crippen LogP contribution is 2.37. The summed E-state index contributed by atoms with van der Waals surface area (Å²) in [6, 6.07) is 11.1. The Morgan fingerprint density at radius 1 is 1.00 bits per heavy atom. The largest absolute Gasteiger partial charge is 0.490 e. The van der Waals surface area contributed by atoms with E-state index >= 15 is 0 Å². The van der Waals surface area contributed by atoms with Gasteiger partial charge in [0.15, 0.2) is 11.5 Å². The Morgan fingerprint density at radius 3 is 2.52 bits per heavy atom. The molecule has 0 unspecified atom stereocenters. The van der Waals surface area contributed by atoms with E-state index in [-0.39, 0.29) is 5.82 Å². The molecule has 0 aliphatic carbocycles. The summed E-state index contributed by atoms with van der Waals surface area (Å²) in [7, 11) is 0. The highest BCUT2D eigenvalue weighted by Gasteiger charge is 2.17. The topological polar surface area (TPSA) is 60.3 Å². The number of para-hydroxylation sites is 1. The molecule has 0 amide bonds. The van der Waals surface area contributed by atoms with Gasteiger partial charge in [0.2, 0.25) is 0 Å². The van der Waals surface area contributed by atoms with Crippen LogP contribution in [0.25, 0.3) is 22.2 Å². The standard InChI is InChI=1S/C22H27FN2O2/c1-3-26-19-12-11-15(14-20(19)27-4-2)21-16(8-5-6-13-24)17-9-7-10-18(23)22(17)25-21/h7,9-12,14,25H,3-6,8,13,24H2,1-2H3. The molecular formula is C22H27FN2O2. The van der Waals surface area contributed by atoms with E-state index in [0.717, 1.165) is 47.2 Å². The lowest BCUT2D eigenvalue weighted by atomic mass is 10.00. The maximum atomic E-state index is 14.4. The summed E-state index contributed by atoms with van der Waals surface area (Å²) in [4.78, 5) is 3.29. The second-order valence-electron chi connectivity index (χ2n) is 6.41. The number of ether oxygens (including phenoxy) is 2. The van der Waals surface area contributed by atoms with E-state index in [0.29, 0.717) is 31.0 Å². The molecule has 3 N–H and O–H groups in total. The number of H-pyrrole nitrogens is 1. The second-order valence-corrected chi connectivity index (χ2v) is 6.41. The van der Waals surface area contributed by atoms with Gasteiger partial charge in [0.25, 0.3) is 0 Å². The molecule has 0 atom stereocenters. The summed E-state index contributed by atoms with van der Waals surface area (Å²) in [5.74, 6) is 1.17. The number of halogens is 1. The molecule has 1 aromatic heterocycles. The van der Waals surface area contributed by atoms with Crippen LogP contribution in [-0.4, -0.2) is 24.7 Å². The van der Waals surface area contributed by atoms with Crippen LogP contribution in [0.1, 0.15) is 32.3 Å². The highest BCUT2D eigenvalue weighted by atomic mass is 19.1. The smallest absolute Gasteiger partial charge is 0.161 e. The van der Waals surface area contributed by atoms with Crippen molar-refractivity contribution in [3.8, 4) is 22.8 Å². The molecule has 0 spiro atoms. The Labute approximate surface area is 159 Å². The van der Waals surface area contributed by atoms with Crippen molar-refractivity contribution >= 4 is 10.9 Å². The zero-order chi connectivity index (χ0) is 19.2. The lowest BCUT2D eigenvalue weighted by molar-refractivity contribution is 0.288. The summed E-state index contributed by atoms with van der Waals surface area (Å²) >= 11 is 0. The van der Waals surface area contributed by atoms with Crippen molar-refractivity contribution in [2.45, 2.75) is 33.1 Å². The van der Waals surface area contributed by atoms with Gasteiger partial charge >= 0.3 is 0 Å². The third-order valence-electron chi connectivity index (χ3n) is 4.60. The van der Waals surface area contributed by atoms with Gasteiger partial charge in [-0.15, -0.1) is 0 Å². The molecule has 4 nitrogen and oxygen atoms in total. The fourth-order valence-electron chi connectivity index (χ4n) is 3.40. The molecule has 144 valence electrons. The molecule has 0 saturated carbocycles. The van der Waals surface area contributed by atoms with Crippen LogP contribution >= 0.6 is 0 Å². The van der Waals surface area contributed by atoms with Gasteiger partial charge < -0.3 is 20.2 Å². The van der Waals surface area contributed by atoms with Gasteiger partial charge in [-0.3, -0.25) is 0 Å². The van der Waals surface area contributed by atoms with Crippen LogP contribution in [0, 0.1) is 5.82 Å². The molecule has 3 aromatic rings. The zero-order valence-corrected chi connectivity index (χ0v) is 16.0. The monoisotopic (exact) mass is 370 g/mol. The Kier molecular flexibility index (Phi) is 6.35. The van der Waals surface area contributed by atoms with Crippen LogP contribution in [0.2, 0.25) is 0 Å². The number of fused-ring (bicyclic) bond motifs is 1. The fourth-order valence-corrected chi connectivity index (χ4v) is 3.40. The molecule has 27 heavy (non-hydrogen) atoms. The summed E-state index contributed by atoms with van der Waals surface area (Å²) in [6.45, 7) is 5.66. The van der Waals surface area contributed by atoms with E-state index in [2.05, 4.69) is 4.98 Å². The van der Waals surface area contributed by atoms with Crippen LogP contribution in [0.15, 0.2) is 36.4 Å². The molecule has 0 radical (unpaired) electrons. The van der Waals surface area contributed by atoms with E-state index in [1.807, 2.05) is 38.1 Å². The van der Waals surface area contributed by atoms with E-state index in [4.69, 9.17) is 15.2 Å². The first kappa shape index (κ1) is 19.2. The van der Waals surface area contributed by atoms with E-state index in [9.17, 15) is 4.39 Å². The van der Waals surface area contributed by atoms with Crippen molar-refractivity contribution in [3.05, 3.63) is 47.8 Å².